The molecule has 2 amide bonds. The molecule has 0 saturated heterocycles. The third kappa shape index (κ3) is 5.96. The van der Waals surface area contributed by atoms with Crippen LogP contribution in [0.2, 0.25) is 0 Å². The number of aliphatic hydroxyl groups is 3. The number of carbonyl (C=O) groups excluding carboxylic acids is 2. The van der Waals surface area contributed by atoms with Crippen LogP contribution in [-0.2, 0) is 14.3 Å². The molecule has 0 spiro atoms. The molecule has 1 aliphatic heterocycles. The second kappa shape index (κ2) is 9.97. The number of rotatable bonds is 7. The predicted molar refractivity (Wildman–Crippen MR) is 100 cm³/mol. The summed E-state index contributed by atoms with van der Waals surface area (Å²) in [5.74, 6) is -5.81. The Labute approximate surface area is 179 Å². The molecule has 32 heavy (non-hydrogen) atoms. The first-order valence-corrected chi connectivity index (χ1v) is 9.19. The largest absolute Gasteiger partial charge is 0.478 e. The van der Waals surface area contributed by atoms with Crippen LogP contribution in [0.25, 0.3) is 0 Å². The molecule has 0 bridgehead atoms. The number of aryl methyl sites for hydroxylation is 1. The number of carbonyl (C=O) groups is 3. The third-order valence-corrected chi connectivity index (χ3v) is 4.63. The molecule has 0 radical (unpaired) electrons. The van der Waals surface area contributed by atoms with Gasteiger partial charge in [0.2, 0.25) is 5.76 Å². The van der Waals surface area contributed by atoms with Crippen molar-refractivity contribution in [1.82, 2.24) is 10.6 Å². The fourth-order valence-corrected chi connectivity index (χ4v) is 2.94. The number of hydrogen-bond acceptors (Lipinski definition) is 7. The van der Waals surface area contributed by atoms with Crippen molar-refractivity contribution in [1.29, 1.82) is 0 Å². The topological polar surface area (TPSA) is 165 Å². The summed E-state index contributed by atoms with van der Waals surface area (Å²) in [4.78, 5) is 35.6. The Morgan fingerprint density at radius 2 is 1.72 bits per heavy atom. The van der Waals surface area contributed by atoms with Gasteiger partial charge >= 0.3 is 18.1 Å². The number of nitrogens with one attached hydrogen (secondary N) is 2. The number of ether oxygens (including phenoxy) is 1. The molecule has 6 N–H and O–H groups in total. The fourth-order valence-electron chi connectivity index (χ4n) is 2.94. The summed E-state index contributed by atoms with van der Waals surface area (Å²) in [5, 5.41) is 42.1. The molecule has 10 nitrogen and oxygen atoms in total. The minimum Gasteiger partial charge on any atom is -0.478 e. The summed E-state index contributed by atoms with van der Waals surface area (Å²) in [6, 6.07) is 2.54. The highest BCUT2D eigenvalue weighted by molar-refractivity contribution is 5.95. The van der Waals surface area contributed by atoms with E-state index in [0.717, 1.165) is 11.6 Å². The Kier molecular flexibility index (Phi) is 7.83. The number of hydrogen-bond donors (Lipinski definition) is 6. The van der Waals surface area contributed by atoms with E-state index >= 15 is 0 Å². The third-order valence-electron chi connectivity index (χ3n) is 4.63. The number of alkyl halides is 3. The molecule has 5 atom stereocenters. The maximum absolute atomic E-state index is 12.9. The maximum atomic E-state index is 12.9. The van der Waals surface area contributed by atoms with Gasteiger partial charge in [0.1, 0.15) is 18.3 Å². The van der Waals surface area contributed by atoms with Gasteiger partial charge < -0.3 is 35.8 Å². The first-order chi connectivity index (χ1) is 14.8. The number of carboxylic acids is 1. The molecule has 1 aromatic carbocycles. The van der Waals surface area contributed by atoms with Crippen LogP contribution in [0.4, 0.5) is 13.2 Å². The fraction of sp³-hybridized carbons (Fsp3) is 0.421. The normalized spacial score (nSPS) is 22.7. The summed E-state index contributed by atoms with van der Waals surface area (Å²) in [6.45, 7) is 0.705. The summed E-state index contributed by atoms with van der Waals surface area (Å²) < 4.78 is 43.6. The van der Waals surface area contributed by atoms with Crippen LogP contribution in [0.5, 0.6) is 0 Å². The van der Waals surface area contributed by atoms with Crippen molar-refractivity contribution in [3.8, 4) is 0 Å². The van der Waals surface area contributed by atoms with Crippen molar-refractivity contribution in [2.45, 2.75) is 43.5 Å². The summed E-state index contributed by atoms with van der Waals surface area (Å²) in [7, 11) is 0. The van der Waals surface area contributed by atoms with E-state index in [0.29, 0.717) is 0 Å². The number of aliphatic hydroxyl groups excluding tert-OH is 3. The van der Waals surface area contributed by atoms with Crippen LogP contribution in [-0.4, -0.2) is 81.4 Å². The van der Waals surface area contributed by atoms with Crippen molar-refractivity contribution in [2.24, 2.45) is 0 Å². The molecule has 176 valence electrons. The molecule has 0 saturated carbocycles. The molecule has 2 rings (SSSR count). The molecule has 0 aromatic heterocycles. The maximum Gasteiger partial charge on any atom is 0.471 e. The Hall–Kier alpha value is -3.16. The number of halogens is 3. The average molecular weight is 462 g/mol. The number of amides is 2. The van der Waals surface area contributed by atoms with E-state index in [1.165, 1.54) is 12.1 Å². The molecule has 1 heterocycles. The molecular weight excluding hydrogens is 441 g/mol. The Morgan fingerprint density at radius 3 is 2.22 bits per heavy atom. The number of aliphatic carboxylic acids is 1. The van der Waals surface area contributed by atoms with E-state index in [1.54, 1.807) is 24.4 Å². The van der Waals surface area contributed by atoms with Crippen molar-refractivity contribution >= 4 is 17.8 Å². The lowest BCUT2D eigenvalue weighted by molar-refractivity contribution is -0.177. The standard InChI is InChI=1S/C19H21F3N2O8/c1-8-2-4-9(5-3-8)16(28)23-10-6-12(17(29)30)32-15(14(27)11(26)7-25)13(10)24-18(31)19(20,21)22/h2-6,10-11,13-15,25-27H,7H2,1H3,(H,23,28)(H,24,31)(H,29,30)/t10-,11+,13-,14-,15+/m0/s1. The van der Waals surface area contributed by atoms with Crippen LogP contribution in [0, 0.1) is 6.92 Å². The van der Waals surface area contributed by atoms with Crippen molar-refractivity contribution in [2.75, 3.05) is 6.61 Å². The highest BCUT2D eigenvalue weighted by Gasteiger charge is 2.48. The molecule has 0 fully saturated rings. The Morgan fingerprint density at radius 1 is 1.12 bits per heavy atom. The van der Waals surface area contributed by atoms with E-state index in [2.05, 4.69) is 5.32 Å². The first-order valence-electron chi connectivity index (χ1n) is 9.19. The molecule has 13 heteroatoms. The van der Waals surface area contributed by atoms with Crippen LogP contribution in [0.3, 0.4) is 0 Å². The van der Waals surface area contributed by atoms with Gasteiger partial charge in [0, 0.05) is 5.56 Å². The predicted octanol–water partition coefficient (Wildman–Crippen LogP) is -0.778. The molecule has 0 unspecified atom stereocenters. The van der Waals surface area contributed by atoms with E-state index in [4.69, 9.17) is 9.84 Å². The Bertz CT molecular complexity index is 888. The van der Waals surface area contributed by atoms with Crippen molar-refractivity contribution in [3.05, 3.63) is 47.2 Å². The lowest BCUT2D eigenvalue weighted by atomic mass is 9.91. The quantitative estimate of drug-likeness (QED) is 0.307. The van der Waals surface area contributed by atoms with Crippen molar-refractivity contribution < 1.29 is 52.7 Å². The van der Waals surface area contributed by atoms with Gasteiger partial charge in [0.05, 0.1) is 18.7 Å². The van der Waals surface area contributed by atoms with E-state index in [-0.39, 0.29) is 5.56 Å². The molecule has 1 aromatic rings. The smallest absolute Gasteiger partial charge is 0.471 e. The monoisotopic (exact) mass is 462 g/mol. The minimum atomic E-state index is -5.35. The summed E-state index contributed by atoms with van der Waals surface area (Å²) in [5.41, 5.74) is 0.901. The second-order valence-corrected chi connectivity index (χ2v) is 7.02. The van der Waals surface area contributed by atoms with Gasteiger partial charge in [-0.25, -0.2) is 4.79 Å². The van der Waals surface area contributed by atoms with E-state index < -0.39 is 66.7 Å². The van der Waals surface area contributed by atoms with Gasteiger partial charge in [0.25, 0.3) is 5.91 Å². The van der Waals surface area contributed by atoms with Gasteiger partial charge in [-0.15, -0.1) is 0 Å². The van der Waals surface area contributed by atoms with Gasteiger partial charge in [0.15, 0.2) is 0 Å². The number of benzene rings is 1. The van der Waals surface area contributed by atoms with Crippen LogP contribution in [0.15, 0.2) is 36.1 Å². The lowest BCUT2D eigenvalue weighted by Crippen LogP contribution is -2.65. The van der Waals surface area contributed by atoms with E-state index in [9.17, 15) is 42.9 Å². The first kappa shape index (κ1) is 25.1. The van der Waals surface area contributed by atoms with Gasteiger partial charge in [-0.2, -0.15) is 13.2 Å². The van der Waals surface area contributed by atoms with Gasteiger partial charge in [-0.1, -0.05) is 17.7 Å². The average Bonchev–Trinajstić information content (AvgIpc) is 2.73. The Balaban J connectivity index is 2.45. The van der Waals surface area contributed by atoms with Crippen molar-refractivity contribution in [3.63, 3.8) is 0 Å². The zero-order valence-corrected chi connectivity index (χ0v) is 16.5. The van der Waals surface area contributed by atoms with Gasteiger partial charge in [-0.05, 0) is 25.1 Å². The summed E-state index contributed by atoms with van der Waals surface area (Å²) >= 11 is 0. The second-order valence-electron chi connectivity index (χ2n) is 7.02. The highest BCUT2D eigenvalue weighted by atomic mass is 19.4. The molecular formula is C19H21F3N2O8. The van der Waals surface area contributed by atoms with Crippen LogP contribution >= 0.6 is 0 Å². The van der Waals surface area contributed by atoms with E-state index in [1.807, 2.05) is 0 Å². The molecule has 1 aliphatic rings. The summed E-state index contributed by atoms with van der Waals surface area (Å²) in [6.07, 6.45) is -10.6. The van der Waals surface area contributed by atoms with Gasteiger partial charge in [-0.3, -0.25) is 9.59 Å². The zero-order valence-electron chi connectivity index (χ0n) is 16.5. The highest BCUT2D eigenvalue weighted by Crippen LogP contribution is 2.25. The SMILES string of the molecule is Cc1ccc(C(=O)N[C@H]2C=C(C(=O)O)O[C@@H]([C@@H](O)[C@H](O)CO)[C@H]2NC(=O)C(F)(F)F)cc1. The van der Waals surface area contributed by atoms with Crippen LogP contribution in [0.1, 0.15) is 15.9 Å². The number of carboxylic acid groups (broad SMARTS) is 1. The van der Waals surface area contributed by atoms with Crippen LogP contribution < -0.4 is 10.6 Å². The lowest BCUT2D eigenvalue weighted by Gasteiger charge is -2.40. The zero-order chi connectivity index (χ0) is 24.2. The molecule has 0 aliphatic carbocycles. The minimum absolute atomic E-state index is 0.0840.